The highest BCUT2D eigenvalue weighted by molar-refractivity contribution is 6.32. The van der Waals surface area contributed by atoms with Crippen molar-refractivity contribution in [3.05, 3.63) is 80.6 Å². The van der Waals surface area contributed by atoms with Crippen LogP contribution in [0.5, 0.6) is 17.2 Å². The molecule has 210 valence electrons. The summed E-state index contributed by atoms with van der Waals surface area (Å²) >= 11 is 6.58. The van der Waals surface area contributed by atoms with Crippen molar-refractivity contribution in [2.75, 3.05) is 13.7 Å². The zero-order valence-electron chi connectivity index (χ0n) is 24.1. The van der Waals surface area contributed by atoms with Gasteiger partial charge >= 0.3 is 0 Å². The van der Waals surface area contributed by atoms with Crippen LogP contribution in [0.2, 0.25) is 5.02 Å². The number of ether oxygens (including phenoxy) is 3. The molecule has 0 fully saturated rings. The molecule has 0 aliphatic carbocycles. The van der Waals surface area contributed by atoms with Crippen LogP contribution < -0.4 is 19.8 Å². The largest absolute Gasteiger partial charge is 0.494 e. The van der Waals surface area contributed by atoms with E-state index in [4.69, 9.17) is 30.8 Å². The third-order valence-electron chi connectivity index (χ3n) is 6.74. The maximum absolute atomic E-state index is 13.8. The number of aromatic nitrogens is 2. The molecular weight excluding hydrogens is 526 g/mol. The van der Waals surface area contributed by atoms with Crippen LogP contribution in [0, 0.1) is 6.92 Å². The van der Waals surface area contributed by atoms with Gasteiger partial charge in [0.2, 0.25) is 0 Å². The van der Waals surface area contributed by atoms with Crippen molar-refractivity contribution in [3.63, 3.8) is 0 Å². The van der Waals surface area contributed by atoms with E-state index in [1.165, 1.54) is 4.68 Å². The Kier molecular flexibility index (Phi) is 9.15. The number of aryl methyl sites for hydroxylation is 1. The second-order valence-corrected chi connectivity index (χ2v) is 10.4. The summed E-state index contributed by atoms with van der Waals surface area (Å²) in [5.41, 5.74) is 3.75. The molecule has 8 heteroatoms. The first kappa shape index (κ1) is 29.2. The summed E-state index contributed by atoms with van der Waals surface area (Å²) in [6, 6.07) is 14.9. The van der Waals surface area contributed by atoms with E-state index in [0.29, 0.717) is 45.4 Å². The lowest BCUT2D eigenvalue weighted by molar-refractivity contribution is 0.208. The number of benzene rings is 3. The summed E-state index contributed by atoms with van der Waals surface area (Å²) in [6.45, 7) is 12.8. The van der Waals surface area contributed by atoms with Crippen molar-refractivity contribution < 1.29 is 14.2 Å². The highest BCUT2D eigenvalue weighted by Crippen LogP contribution is 2.37. The van der Waals surface area contributed by atoms with Crippen molar-refractivity contribution >= 4 is 28.7 Å². The Labute approximate surface area is 240 Å². The summed E-state index contributed by atoms with van der Waals surface area (Å²) < 4.78 is 18.8. The maximum atomic E-state index is 13.8. The Morgan fingerprint density at radius 2 is 1.82 bits per heavy atom. The molecule has 0 N–H and O–H groups in total. The summed E-state index contributed by atoms with van der Waals surface area (Å²) in [5.74, 6) is 2.45. The summed E-state index contributed by atoms with van der Waals surface area (Å²) in [7, 11) is 1.56. The van der Waals surface area contributed by atoms with Crippen LogP contribution >= 0.6 is 11.6 Å². The molecule has 1 aromatic heterocycles. The monoisotopic (exact) mass is 561 g/mol. The fourth-order valence-corrected chi connectivity index (χ4v) is 4.68. The minimum absolute atomic E-state index is 0.0242. The molecule has 1 atom stereocenters. The lowest BCUT2D eigenvalue weighted by Crippen LogP contribution is -2.21. The number of fused-ring (bicyclic) bond motifs is 1. The number of para-hydroxylation sites is 1. The van der Waals surface area contributed by atoms with Crippen LogP contribution in [0.3, 0.4) is 0 Å². The standard InChI is InChI=1S/C32H36ClN3O4/c1-8-21(6)40-30-26(33)15-22(16-29(30)38-7)18-34-36-31(35-27-13-11-10-12-23(27)32(36)37)25-17-24(19(3)4)28(39-9-2)14-20(25)5/h10-19,21H,8-9H2,1-7H3/t21-/m0/s1. The fourth-order valence-electron chi connectivity index (χ4n) is 4.41. The van der Waals surface area contributed by atoms with E-state index in [2.05, 4.69) is 25.0 Å². The Morgan fingerprint density at radius 3 is 2.50 bits per heavy atom. The second-order valence-electron chi connectivity index (χ2n) is 9.98. The van der Waals surface area contributed by atoms with Crippen LogP contribution in [-0.2, 0) is 0 Å². The molecule has 4 aromatic rings. The summed E-state index contributed by atoms with van der Waals surface area (Å²) in [6.07, 6.45) is 2.38. The van der Waals surface area contributed by atoms with Crippen LogP contribution in [0.4, 0.5) is 0 Å². The van der Waals surface area contributed by atoms with E-state index in [9.17, 15) is 4.79 Å². The number of halogens is 1. The molecule has 0 unspecified atom stereocenters. The summed E-state index contributed by atoms with van der Waals surface area (Å²) in [4.78, 5) is 18.7. The minimum atomic E-state index is -0.272. The van der Waals surface area contributed by atoms with E-state index < -0.39 is 0 Å². The van der Waals surface area contributed by atoms with Gasteiger partial charge in [-0.15, -0.1) is 0 Å². The molecule has 0 spiro atoms. The van der Waals surface area contributed by atoms with Gasteiger partial charge in [-0.2, -0.15) is 9.78 Å². The number of hydrogen-bond donors (Lipinski definition) is 0. The Bertz CT molecular complexity index is 1610. The average molecular weight is 562 g/mol. The van der Waals surface area contributed by atoms with Gasteiger partial charge in [0.1, 0.15) is 5.75 Å². The molecule has 0 aliphatic heterocycles. The highest BCUT2D eigenvalue weighted by atomic mass is 35.5. The van der Waals surface area contributed by atoms with Gasteiger partial charge in [0.15, 0.2) is 17.3 Å². The van der Waals surface area contributed by atoms with Gasteiger partial charge < -0.3 is 14.2 Å². The van der Waals surface area contributed by atoms with E-state index in [-0.39, 0.29) is 17.6 Å². The van der Waals surface area contributed by atoms with Gasteiger partial charge in [0.05, 0.1) is 42.0 Å². The van der Waals surface area contributed by atoms with Crippen LogP contribution in [0.25, 0.3) is 22.3 Å². The SMILES string of the molecule is CCOc1cc(C)c(-c2nc3ccccc3c(=O)n2N=Cc2cc(Cl)c(O[C@@H](C)CC)c(OC)c2)cc1C(C)C. The first-order chi connectivity index (χ1) is 19.2. The van der Waals surface area contributed by atoms with E-state index in [1.807, 2.05) is 52.0 Å². The van der Waals surface area contributed by atoms with Crippen molar-refractivity contribution in [1.29, 1.82) is 0 Å². The van der Waals surface area contributed by atoms with Gasteiger partial charge in [-0.1, -0.05) is 44.5 Å². The molecular formula is C32H36ClN3O4. The van der Waals surface area contributed by atoms with Crippen molar-refractivity contribution in [3.8, 4) is 28.6 Å². The van der Waals surface area contributed by atoms with Crippen LogP contribution in [-0.4, -0.2) is 35.7 Å². The molecule has 0 radical (unpaired) electrons. The zero-order chi connectivity index (χ0) is 29.0. The molecule has 7 nitrogen and oxygen atoms in total. The van der Waals surface area contributed by atoms with E-state index in [0.717, 1.165) is 28.9 Å². The van der Waals surface area contributed by atoms with Crippen LogP contribution in [0.1, 0.15) is 63.6 Å². The lowest BCUT2D eigenvalue weighted by atomic mass is 9.96. The van der Waals surface area contributed by atoms with Gasteiger partial charge in [-0.25, -0.2) is 4.98 Å². The van der Waals surface area contributed by atoms with Gasteiger partial charge in [0, 0.05) is 5.56 Å². The zero-order valence-corrected chi connectivity index (χ0v) is 24.9. The first-order valence-corrected chi connectivity index (χ1v) is 13.9. The molecule has 3 aromatic carbocycles. The normalized spacial score (nSPS) is 12.3. The molecule has 0 aliphatic rings. The van der Waals surface area contributed by atoms with Gasteiger partial charge in [0.25, 0.3) is 5.56 Å². The predicted octanol–water partition coefficient (Wildman–Crippen LogP) is 7.62. The molecule has 4 rings (SSSR count). The first-order valence-electron chi connectivity index (χ1n) is 13.6. The molecule has 0 saturated carbocycles. The quantitative estimate of drug-likeness (QED) is 0.186. The minimum Gasteiger partial charge on any atom is -0.494 e. The van der Waals surface area contributed by atoms with Gasteiger partial charge in [-0.3, -0.25) is 4.79 Å². The second kappa shape index (κ2) is 12.6. The number of nitrogens with zero attached hydrogens (tertiary/aromatic N) is 3. The molecule has 0 bridgehead atoms. The Balaban J connectivity index is 1.90. The predicted molar refractivity (Wildman–Crippen MR) is 163 cm³/mol. The number of hydrogen-bond acceptors (Lipinski definition) is 6. The van der Waals surface area contributed by atoms with E-state index in [1.54, 1.807) is 31.5 Å². The van der Waals surface area contributed by atoms with Crippen molar-refractivity contribution in [2.24, 2.45) is 5.10 Å². The topological polar surface area (TPSA) is 74.9 Å². The molecule has 0 saturated heterocycles. The van der Waals surface area contributed by atoms with Crippen molar-refractivity contribution in [1.82, 2.24) is 9.66 Å². The smallest absolute Gasteiger partial charge is 0.282 e. The Hall–Kier alpha value is -3.84. The third kappa shape index (κ3) is 5.99. The Morgan fingerprint density at radius 1 is 1.07 bits per heavy atom. The molecule has 0 amide bonds. The maximum Gasteiger partial charge on any atom is 0.282 e. The fraction of sp³-hybridized carbons (Fsp3) is 0.344. The van der Waals surface area contributed by atoms with Gasteiger partial charge in [-0.05, 0) is 86.2 Å². The lowest BCUT2D eigenvalue weighted by Gasteiger charge is -2.18. The van der Waals surface area contributed by atoms with E-state index >= 15 is 0 Å². The summed E-state index contributed by atoms with van der Waals surface area (Å²) in [5, 5.41) is 5.50. The highest BCUT2D eigenvalue weighted by Gasteiger charge is 2.19. The average Bonchev–Trinajstić information content (AvgIpc) is 2.93. The van der Waals surface area contributed by atoms with Crippen LogP contribution in [0.15, 0.2) is 58.4 Å². The number of rotatable bonds is 10. The number of methoxy groups -OCH3 is 1. The van der Waals surface area contributed by atoms with Crippen molar-refractivity contribution in [2.45, 2.75) is 60.0 Å². The molecule has 40 heavy (non-hydrogen) atoms. The third-order valence-corrected chi connectivity index (χ3v) is 7.02. The molecule has 1 heterocycles.